The number of nitrogens with zero attached hydrogens (tertiary/aromatic N) is 2. The van der Waals surface area contributed by atoms with Gasteiger partial charge in [0.15, 0.2) is 0 Å². The summed E-state index contributed by atoms with van der Waals surface area (Å²) in [4.78, 5) is 11.6. The number of nitrogens with two attached hydrogens (primary N) is 1. The normalized spacial score (nSPS) is 10.4. The van der Waals surface area contributed by atoms with Crippen LogP contribution in [0.15, 0.2) is 28.9 Å². The van der Waals surface area contributed by atoms with E-state index in [1.165, 1.54) is 0 Å². The van der Waals surface area contributed by atoms with Gasteiger partial charge in [-0.05, 0) is 28.0 Å². The minimum Gasteiger partial charge on any atom is -0.379 e. The molecule has 0 unspecified atom stereocenters. The van der Waals surface area contributed by atoms with E-state index in [-0.39, 0.29) is 11.5 Å². The van der Waals surface area contributed by atoms with Crippen LogP contribution in [0.5, 0.6) is 0 Å². The monoisotopic (exact) mass is 295 g/mol. The van der Waals surface area contributed by atoms with E-state index in [9.17, 15) is 4.79 Å². The van der Waals surface area contributed by atoms with E-state index in [1.807, 2.05) is 24.3 Å². The molecule has 1 aromatic heterocycles. The maximum absolute atomic E-state index is 11.6. The zero-order valence-electron chi connectivity index (χ0n) is 10.6. The molecule has 8 heteroatoms. The summed E-state index contributed by atoms with van der Waals surface area (Å²) in [5.74, 6) is -0.428. The fraction of sp³-hybridized carbons (Fsp3) is 0.250. The van der Waals surface area contributed by atoms with Gasteiger partial charge in [-0.3, -0.25) is 4.79 Å². The molecular weight excluding hydrogens is 282 g/mol. The van der Waals surface area contributed by atoms with Gasteiger partial charge < -0.3 is 16.4 Å². The number of anilines is 1. The van der Waals surface area contributed by atoms with Crippen LogP contribution in [0.25, 0.3) is 0 Å². The number of hydrogen-bond donors (Lipinski definition) is 3. The number of carbonyl (C=O) groups excluding carboxylic acids is 1. The Hall–Kier alpha value is -2.12. The van der Waals surface area contributed by atoms with Gasteiger partial charge in [0.1, 0.15) is 0 Å². The first-order valence-corrected chi connectivity index (χ1v) is 6.36. The van der Waals surface area contributed by atoms with Gasteiger partial charge in [0.05, 0.1) is 0 Å². The van der Waals surface area contributed by atoms with Crippen LogP contribution >= 0.6 is 11.6 Å². The highest BCUT2D eigenvalue weighted by Crippen LogP contribution is 2.10. The van der Waals surface area contributed by atoms with E-state index in [1.54, 1.807) is 0 Å². The number of nitrogen functional groups attached to an aromatic ring is 1. The van der Waals surface area contributed by atoms with E-state index in [4.69, 9.17) is 17.3 Å². The molecular formula is C12H14ClN5O2. The fourth-order valence-electron chi connectivity index (χ4n) is 1.58. The van der Waals surface area contributed by atoms with Crippen molar-refractivity contribution < 1.29 is 9.42 Å². The molecule has 0 saturated carbocycles. The topological polar surface area (TPSA) is 106 Å². The molecule has 0 saturated heterocycles. The van der Waals surface area contributed by atoms with Crippen molar-refractivity contribution in [1.82, 2.24) is 20.9 Å². The van der Waals surface area contributed by atoms with E-state index < -0.39 is 5.91 Å². The quantitative estimate of drug-likeness (QED) is 0.681. The summed E-state index contributed by atoms with van der Waals surface area (Å²) >= 11 is 5.88. The van der Waals surface area contributed by atoms with Crippen molar-refractivity contribution in [2.75, 3.05) is 18.8 Å². The smallest absolute Gasteiger partial charge is 0.277 e. The van der Waals surface area contributed by atoms with Crippen molar-refractivity contribution >= 4 is 23.3 Å². The van der Waals surface area contributed by atoms with Crippen LogP contribution in [0.4, 0.5) is 5.82 Å². The molecule has 0 aliphatic rings. The van der Waals surface area contributed by atoms with Gasteiger partial charge in [0.25, 0.3) is 5.91 Å². The van der Waals surface area contributed by atoms with Crippen molar-refractivity contribution in [2.24, 2.45) is 0 Å². The molecule has 4 N–H and O–H groups in total. The zero-order valence-corrected chi connectivity index (χ0v) is 11.4. The molecule has 0 radical (unpaired) electrons. The molecule has 0 atom stereocenters. The van der Waals surface area contributed by atoms with Crippen LogP contribution in [0.1, 0.15) is 16.1 Å². The summed E-state index contributed by atoms with van der Waals surface area (Å²) in [5.41, 5.74) is 6.48. The Labute approximate surface area is 120 Å². The van der Waals surface area contributed by atoms with Gasteiger partial charge in [-0.25, -0.2) is 4.63 Å². The van der Waals surface area contributed by atoms with Crippen LogP contribution in [-0.2, 0) is 6.54 Å². The molecule has 20 heavy (non-hydrogen) atoms. The highest BCUT2D eigenvalue weighted by Gasteiger charge is 2.14. The Morgan fingerprint density at radius 1 is 1.35 bits per heavy atom. The lowest BCUT2D eigenvalue weighted by atomic mass is 10.2. The third-order valence-electron chi connectivity index (χ3n) is 2.53. The van der Waals surface area contributed by atoms with Crippen LogP contribution < -0.4 is 16.4 Å². The third-order valence-corrected chi connectivity index (χ3v) is 2.77. The highest BCUT2D eigenvalue weighted by atomic mass is 35.5. The Morgan fingerprint density at radius 3 is 2.90 bits per heavy atom. The average Bonchev–Trinajstić information content (AvgIpc) is 2.84. The summed E-state index contributed by atoms with van der Waals surface area (Å²) in [5, 5.41) is 13.3. The van der Waals surface area contributed by atoms with Crippen LogP contribution in [0.2, 0.25) is 5.02 Å². The van der Waals surface area contributed by atoms with E-state index in [2.05, 4.69) is 25.6 Å². The lowest BCUT2D eigenvalue weighted by Crippen LogP contribution is -2.32. The number of benzene rings is 1. The Morgan fingerprint density at radius 2 is 2.20 bits per heavy atom. The summed E-state index contributed by atoms with van der Waals surface area (Å²) in [6.45, 7) is 1.71. The van der Waals surface area contributed by atoms with Crippen molar-refractivity contribution in [3.63, 3.8) is 0 Å². The van der Waals surface area contributed by atoms with Crippen molar-refractivity contribution in [2.45, 2.75) is 6.54 Å². The lowest BCUT2D eigenvalue weighted by molar-refractivity contribution is 0.0944. The van der Waals surface area contributed by atoms with E-state index in [0.717, 1.165) is 5.56 Å². The first-order valence-electron chi connectivity index (χ1n) is 5.98. The first kappa shape index (κ1) is 14.3. The largest absolute Gasteiger partial charge is 0.379 e. The lowest BCUT2D eigenvalue weighted by Gasteiger charge is -2.06. The molecule has 0 fully saturated rings. The molecule has 106 valence electrons. The third kappa shape index (κ3) is 3.94. The van der Waals surface area contributed by atoms with Crippen molar-refractivity contribution in [1.29, 1.82) is 0 Å². The summed E-state index contributed by atoms with van der Waals surface area (Å²) < 4.78 is 4.35. The van der Waals surface area contributed by atoms with E-state index >= 15 is 0 Å². The molecule has 2 rings (SSSR count). The maximum Gasteiger partial charge on any atom is 0.277 e. The standard InChI is InChI=1S/C12H14ClN5O2/c13-9-3-1-2-8(6-9)7-15-4-5-16-12(19)10-11(14)18-20-17-10/h1-3,6,15H,4-5,7H2,(H2,14,18)(H,16,19). The number of carbonyl (C=O) groups is 1. The van der Waals surface area contributed by atoms with Gasteiger partial charge in [-0.15, -0.1) is 0 Å². The highest BCUT2D eigenvalue weighted by molar-refractivity contribution is 6.30. The van der Waals surface area contributed by atoms with Gasteiger partial charge in [0.2, 0.25) is 11.5 Å². The van der Waals surface area contributed by atoms with Crippen LogP contribution in [0.3, 0.4) is 0 Å². The number of nitrogens with one attached hydrogen (secondary N) is 2. The molecule has 1 heterocycles. The minimum atomic E-state index is -0.409. The Bertz CT molecular complexity index is 587. The number of amides is 1. The SMILES string of the molecule is Nc1nonc1C(=O)NCCNCc1cccc(Cl)c1. The van der Waals surface area contributed by atoms with Crippen molar-refractivity contribution in [3.05, 3.63) is 40.5 Å². The zero-order chi connectivity index (χ0) is 14.4. The number of rotatable bonds is 6. The molecule has 0 aliphatic carbocycles. The van der Waals surface area contributed by atoms with E-state index in [0.29, 0.717) is 24.7 Å². The molecule has 0 bridgehead atoms. The Kier molecular flexibility index (Phi) is 4.91. The van der Waals surface area contributed by atoms with Gasteiger partial charge in [-0.2, -0.15) is 0 Å². The second-order valence-electron chi connectivity index (χ2n) is 4.06. The van der Waals surface area contributed by atoms with Crippen LogP contribution in [0, 0.1) is 0 Å². The average molecular weight is 296 g/mol. The number of hydrogen-bond acceptors (Lipinski definition) is 6. The number of halogens is 1. The van der Waals surface area contributed by atoms with Crippen LogP contribution in [-0.4, -0.2) is 29.3 Å². The summed E-state index contributed by atoms with van der Waals surface area (Å²) in [6, 6.07) is 7.57. The van der Waals surface area contributed by atoms with Gasteiger partial charge in [0, 0.05) is 24.7 Å². The molecule has 0 spiro atoms. The summed E-state index contributed by atoms with van der Waals surface area (Å²) in [6.07, 6.45) is 0. The molecule has 0 aliphatic heterocycles. The maximum atomic E-state index is 11.6. The second kappa shape index (κ2) is 6.88. The Balaban J connectivity index is 1.67. The molecule has 2 aromatic rings. The fourth-order valence-corrected chi connectivity index (χ4v) is 1.79. The molecule has 1 aromatic carbocycles. The minimum absolute atomic E-state index is 0.000147. The second-order valence-corrected chi connectivity index (χ2v) is 4.50. The molecule has 1 amide bonds. The first-order chi connectivity index (χ1) is 9.66. The molecule has 7 nitrogen and oxygen atoms in total. The van der Waals surface area contributed by atoms with Gasteiger partial charge in [-0.1, -0.05) is 23.7 Å². The predicted octanol–water partition coefficient (Wildman–Crippen LogP) is 0.825. The van der Waals surface area contributed by atoms with Gasteiger partial charge >= 0.3 is 0 Å². The summed E-state index contributed by atoms with van der Waals surface area (Å²) in [7, 11) is 0. The predicted molar refractivity (Wildman–Crippen MR) is 74.2 cm³/mol. The number of aromatic nitrogens is 2. The van der Waals surface area contributed by atoms with Crippen molar-refractivity contribution in [3.8, 4) is 0 Å².